The number of rotatable bonds is 1. The summed E-state index contributed by atoms with van der Waals surface area (Å²) in [6, 6.07) is 5.97. The fraction of sp³-hybridized carbons (Fsp3) is 0.400. The van der Waals surface area contributed by atoms with Crippen molar-refractivity contribution in [2.24, 2.45) is 5.10 Å². The molecule has 1 aliphatic heterocycles. The monoisotopic (exact) mass is 190 g/mol. The van der Waals surface area contributed by atoms with Crippen LogP contribution in [-0.4, -0.2) is 24.4 Å². The summed E-state index contributed by atoms with van der Waals surface area (Å²) in [6.45, 7) is 2.90. The Labute approximate surface area is 83.6 Å². The summed E-state index contributed by atoms with van der Waals surface area (Å²) in [5.74, 6) is 1.95. The van der Waals surface area contributed by atoms with E-state index in [0.29, 0.717) is 0 Å². The van der Waals surface area contributed by atoms with Crippen LogP contribution in [0.15, 0.2) is 23.3 Å². The third-order valence-corrected chi connectivity index (χ3v) is 2.23. The van der Waals surface area contributed by atoms with E-state index in [-0.39, 0.29) is 0 Å². The molecule has 1 aliphatic rings. The van der Waals surface area contributed by atoms with Crippen LogP contribution in [-0.2, 0) is 0 Å². The number of nitrogens with zero attached hydrogens (tertiary/aromatic N) is 3. The van der Waals surface area contributed by atoms with E-state index >= 15 is 0 Å². The van der Waals surface area contributed by atoms with Crippen molar-refractivity contribution in [1.82, 2.24) is 10.3 Å². The van der Waals surface area contributed by atoms with E-state index in [9.17, 15) is 0 Å². The van der Waals surface area contributed by atoms with Gasteiger partial charge in [-0.15, -0.1) is 0 Å². The van der Waals surface area contributed by atoms with Gasteiger partial charge in [0.25, 0.3) is 0 Å². The van der Waals surface area contributed by atoms with Crippen LogP contribution in [0.5, 0.6) is 0 Å². The molecule has 0 saturated heterocycles. The standard InChI is InChI=1S/C10H14N4/c1-8-4-3-5-10(12-8)14-7-6-9(11-2)13-14/h3-5H,6-7H2,1-2H3,(H,11,13). The Kier molecular flexibility index (Phi) is 2.35. The van der Waals surface area contributed by atoms with Gasteiger partial charge >= 0.3 is 0 Å². The maximum absolute atomic E-state index is 4.41. The van der Waals surface area contributed by atoms with Crippen LogP contribution in [0.3, 0.4) is 0 Å². The molecular formula is C10H14N4. The van der Waals surface area contributed by atoms with Crippen molar-refractivity contribution in [3.8, 4) is 0 Å². The number of amidine groups is 1. The van der Waals surface area contributed by atoms with E-state index in [4.69, 9.17) is 0 Å². The predicted molar refractivity (Wildman–Crippen MR) is 57.4 cm³/mol. The Morgan fingerprint density at radius 3 is 2.93 bits per heavy atom. The van der Waals surface area contributed by atoms with E-state index in [0.717, 1.165) is 30.3 Å². The fourth-order valence-corrected chi connectivity index (χ4v) is 1.47. The first-order chi connectivity index (χ1) is 6.79. The molecule has 4 nitrogen and oxygen atoms in total. The van der Waals surface area contributed by atoms with Crippen molar-refractivity contribution < 1.29 is 0 Å². The molecule has 1 aromatic rings. The summed E-state index contributed by atoms with van der Waals surface area (Å²) in [5.41, 5.74) is 1.02. The molecule has 0 radical (unpaired) electrons. The van der Waals surface area contributed by atoms with Crippen LogP contribution in [0.1, 0.15) is 12.1 Å². The van der Waals surface area contributed by atoms with Crippen molar-refractivity contribution in [3.63, 3.8) is 0 Å². The second kappa shape index (κ2) is 3.65. The second-order valence-electron chi connectivity index (χ2n) is 3.31. The number of pyridine rings is 1. The molecule has 0 aliphatic carbocycles. The highest BCUT2D eigenvalue weighted by Gasteiger charge is 2.15. The molecule has 1 N–H and O–H groups in total. The van der Waals surface area contributed by atoms with Crippen molar-refractivity contribution >= 4 is 11.7 Å². The highest BCUT2D eigenvalue weighted by atomic mass is 15.5. The van der Waals surface area contributed by atoms with Crippen molar-refractivity contribution in [3.05, 3.63) is 23.9 Å². The molecule has 74 valence electrons. The second-order valence-corrected chi connectivity index (χ2v) is 3.31. The maximum atomic E-state index is 4.41. The van der Waals surface area contributed by atoms with E-state index in [1.165, 1.54) is 0 Å². The molecule has 0 atom stereocenters. The van der Waals surface area contributed by atoms with Gasteiger partial charge in [-0.3, -0.25) is 0 Å². The number of hydrazone groups is 1. The van der Waals surface area contributed by atoms with Crippen LogP contribution >= 0.6 is 0 Å². The van der Waals surface area contributed by atoms with Gasteiger partial charge in [-0.2, -0.15) is 5.10 Å². The normalized spacial score (nSPS) is 15.6. The minimum atomic E-state index is 0.909. The summed E-state index contributed by atoms with van der Waals surface area (Å²) >= 11 is 0. The molecule has 0 spiro atoms. The zero-order valence-corrected chi connectivity index (χ0v) is 8.49. The summed E-state index contributed by atoms with van der Waals surface area (Å²) in [6.07, 6.45) is 0.964. The van der Waals surface area contributed by atoms with Crippen LogP contribution in [0.25, 0.3) is 0 Å². The number of aryl methyl sites for hydroxylation is 1. The highest BCUT2D eigenvalue weighted by molar-refractivity contribution is 5.85. The van der Waals surface area contributed by atoms with Gasteiger partial charge in [-0.25, -0.2) is 9.99 Å². The van der Waals surface area contributed by atoms with E-state index in [1.54, 1.807) is 0 Å². The number of nitrogens with one attached hydrogen (secondary N) is 1. The molecule has 0 unspecified atom stereocenters. The number of hydrogen-bond acceptors (Lipinski definition) is 4. The largest absolute Gasteiger partial charge is 0.375 e. The molecule has 2 heterocycles. The van der Waals surface area contributed by atoms with Gasteiger partial charge in [-0.1, -0.05) is 6.07 Å². The topological polar surface area (TPSA) is 40.5 Å². The molecular weight excluding hydrogens is 176 g/mol. The molecule has 14 heavy (non-hydrogen) atoms. The quantitative estimate of drug-likeness (QED) is 0.721. The van der Waals surface area contributed by atoms with Gasteiger partial charge in [0.2, 0.25) is 0 Å². The predicted octanol–water partition coefficient (Wildman–Crippen LogP) is 1.13. The van der Waals surface area contributed by atoms with E-state index in [2.05, 4.69) is 15.4 Å². The van der Waals surface area contributed by atoms with E-state index < -0.39 is 0 Å². The summed E-state index contributed by atoms with van der Waals surface area (Å²) in [7, 11) is 1.89. The Morgan fingerprint density at radius 1 is 1.43 bits per heavy atom. The maximum Gasteiger partial charge on any atom is 0.149 e. The minimum absolute atomic E-state index is 0.909. The Balaban J connectivity index is 2.21. The van der Waals surface area contributed by atoms with Gasteiger partial charge in [0.1, 0.15) is 11.7 Å². The molecule has 0 saturated carbocycles. The van der Waals surface area contributed by atoms with Gasteiger partial charge < -0.3 is 5.32 Å². The molecule has 0 bridgehead atoms. The van der Waals surface area contributed by atoms with Crippen LogP contribution < -0.4 is 10.3 Å². The van der Waals surface area contributed by atoms with Gasteiger partial charge in [0.15, 0.2) is 0 Å². The average molecular weight is 190 g/mol. The van der Waals surface area contributed by atoms with Gasteiger partial charge in [-0.05, 0) is 19.1 Å². The third kappa shape index (κ3) is 1.69. The van der Waals surface area contributed by atoms with Crippen molar-refractivity contribution in [2.45, 2.75) is 13.3 Å². The molecule has 2 rings (SSSR count). The lowest BCUT2D eigenvalue weighted by Gasteiger charge is -2.11. The first kappa shape index (κ1) is 8.99. The molecule has 0 amide bonds. The fourth-order valence-electron chi connectivity index (χ4n) is 1.47. The first-order valence-corrected chi connectivity index (χ1v) is 4.76. The van der Waals surface area contributed by atoms with Crippen LogP contribution in [0.2, 0.25) is 0 Å². The Bertz CT molecular complexity index is 359. The lowest BCUT2D eigenvalue weighted by Crippen LogP contribution is -2.15. The van der Waals surface area contributed by atoms with Crippen molar-refractivity contribution in [1.29, 1.82) is 0 Å². The van der Waals surface area contributed by atoms with Crippen LogP contribution in [0, 0.1) is 6.92 Å². The first-order valence-electron chi connectivity index (χ1n) is 4.76. The summed E-state index contributed by atoms with van der Waals surface area (Å²) in [4.78, 5) is 4.41. The smallest absolute Gasteiger partial charge is 0.149 e. The zero-order chi connectivity index (χ0) is 9.97. The van der Waals surface area contributed by atoms with E-state index in [1.807, 2.05) is 37.2 Å². The average Bonchev–Trinajstić information content (AvgIpc) is 2.66. The summed E-state index contributed by atoms with van der Waals surface area (Å²) < 4.78 is 0. The summed E-state index contributed by atoms with van der Waals surface area (Å²) in [5, 5.41) is 9.38. The van der Waals surface area contributed by atoms with Gasteiger partial charge in [0.05, 0.1) is 6.54 Å². The Hall–Kier alpha value is -1.58. The number of aromatic nitrogens is 1. The highest BCUT2D eigenvalue weighted by Crippen LogP contribution is 2.15. The molecule has 4 heteroatoms. The number of hydrogen-bond donors (Lipinski definition) is 1. The van der Waals surface area contributed by atoms with Gasteiger partial charge in [0, 0.05) is 19.2 Å². The lowest BCUT2D eigenvalue weighted by molar-refractivity contribution is 0.890. The Morgan fingerprint density at radius 2 is 2.29 bits per heavy atom. The molecule has 0 aromatic carbocycles. The minimum Gasteiger partial charge on any atom is -0.375 e. The number of anilines is 1. The SMILES string of the molecule is CNC1=NN(c2cccc(C)n2)CC1. The van der Waals surface area contributed by atoms with Crippen molar-refractivity contribution in [2.75, 3.05) is 18.6 Å². The third-order valence-electron chi connectivity index (χ3n) is 2.23. The lowest BCUT2D eigenvalue weighted by atomic mass is 10.3. The zero-order valence-electron chi connectivity index (χ0n) is 8.49. The molecule has 0 fully saturated rings. The van der Waals surface area contributed by atoms with Crippen LogP contribution in [0.4, 0.5) is 5.82 Å². The molecule has 1 aromatic heterocycles.